The fraction of sp³-hybridized carbons (Fsp3) is 0.375. The van der Waals surface area contributed by atoms with Crippen LogP contribution in [-0.4, -0.2) is 53.6 Å². The third-order valence-corrected chi connectivity index (χ3v) is 3.87. The number of rotatable bonds is 5. The molecule has 1 amide bonds. The molecule has 0 aliphatic carbocycles. The molecule has 3 rings (SSSR count). The van der Waals surface area contributed by atoms with E-state index in [1.54, 1.807) is 18.6 Å². The molecule has 3 N–H and O–H groups in total. The van der Waals surface area contributed by atoms with Crippen molar-refractivity contribution in [2.45, 2.75) is 6.42 Å². The van der Waals surface area contributed by atoms with Gasteiger partial charge in [-0.1, -0.05) is 0 Å². The van der Waals surface area contributed by atoms with Gasteiger partial charge in [-0.25, -0.2) is 15.0 Å². The molecule has 1 aliphatic rings. The van der Waals surface area contributed by atoms with Gasteiger partial charge in [-0.15, -0.1) is 0 Å². The van der Waals surface area contributed by atoms with E-state index in [0.29, 0.717) is 18.8 Å². The Balaban J connectivity index is 1.55. The molecule has 0 atom stereocenters. The standard InChI is InChI=1S/C16H21N7O/c17-5-4-15(24)21-14-3-2-13(12-20-14)22-8-10-23(11-9-22)16-18-6-1-7-19-16/h1-3,6-7,12H,4-5,8-11,17H2,(H,20,21,24). The van der Waals surface area contributed by atoms with Gasteiger partial charge in [0.15, 0.2) is 0 Å². The summed E-state index contributed by atoms with van der Waals surface area (Å²) >= 11 is 0. The molecular weight excluding hydrogens is 306 g/mol. The van der Waals surface area contributed by atoms with Crippen molar-refractivity contribution in [1.29, 1.82) is 0 Å². The first-order chi connectivity index (χ1) is 11.8. The van der Waals surface area contributed by atoms with Crippen LogP contribution in [0.2, 0.25) is 0 Å². The van der Waals surface area contributed by atoms with Crippen molar-refractivity contribution in [2.24, 2.45) is 5.73 Å². The molecule has 2 aromatic rings. The average Bonchev–Trinajstić information content (AvgIpc) is 2.63. The minimum absolute atomic E-state index is 0.116. The molecular formula is C16H21N7O. The number of piperazine rings is 1. The van der Waals surface area contributed by atoms with Crippen LogP contribution in [0.25, 0.3) is 0 Å². The summed E-state index contributed by atoms with van der Waals surface area (Å²) in [5.41, 5.74) is 6.40. The highest BCUT2D eigenvalue weighted by Crippen LogP contribution is 2.18. The molecule has 0 spiro atoms. The van der Waals surface area contributed by atoms with Gasteiger partial charge in [0, 0.05) is 51.5 Å². The highest BCUT2D eigenvalue weighted by molar-refractivity contribution is 5.89. The van der Waals surface area contributed by atoms with Gasteiger partial charge >= 0.3 is 0 Å². The number of hydrogen-bond acceptors (Lipinski definition) is 7. The van der Waals surface area contributed by atoms with E-state index in [9.17, 15) is 4.79 Å². The van der Waals surface area contributed by atoms with Gasteiger partial charge in [0.05, 0.1) is 11.9 Å². The minimum Gasteiger partial charge on any atom is -0.367 e. The summed E-state index contributed by atoms with van der Waals surface area (Å²) in [6.45, 7) is 3.80. The maximum atomic E-state index is 11.5. The Kier molecular flexibility index (Phi) is 5.17. The molecule has 1 aliphatic heterocycles. The number of carbonyl (C=O) groups excluding carboxylic acids is 1. The number of carbonyl (C=O) groups is 1. The lowest BCUT2D eigenvalue weighted by molar-refractivity contribution is -0.116. The number of nitrogens with one attached hydrogen (secondary N) is 1. The molecule has 24 heavy (non-hydrogen) atoms. The molecule has 0 saturated carbocycles. The average molecular weight is 327 g/mol. The fourth-order valence-corrected chi connectivity index (χ4v) is 2.60. The van der Waals surface area contributed by atoms with Crippen LogP contribution in [0.5, 0.6) is 0 Å². The van der Waals surface area contributed by atoms with Gasteiger partial charge in [-0.3, -0.25) is 4.79 Å². The van der Waals surface area contributed by atoms with Crippen molar-refractivity contribution < 1.29 is 4.79 Å². The molecule has 1 fully saturated rings. The first kappa shape index (κ1) is 16.1. The van der Waals surface area contributed by atoms with E-state index < -0.39 is 0 Å². The first-order valence-corrected chi connectivity index (χ1v) is 7.99. The summed E-state index contributed by atoms with van der Waals surface area (Å²) in [6, 6.07) is 5.61. The third kappa shape index (κ3) is 3.96. The summed E-state index contributed by atoms with van der Waals surface area (Å²) in [4.78, 5) is 28.8. The highest BCUT2D eigenvalue weighted by Gasteiger charge is 2.19. The summed E-state index contributed by atoms with van der Waals surface area (Å²) < 4.78 is 0. The monoisotopic (exact) mass is 327 g/mol. The molecule has 8 heteroatoms. The largest absolute Gasteiger partial charge is 0.367 e. The number of nitrogens with two attached hydrogens (primary N) is 1. The van der Waals surface area contributed by atoms with Gasteiger partial charge in [-0.05, 0) is 18.2 Å². The molecule has 0 unspecified atom stereocenters. The number of hydrogen-bond donors (Lipinski definition) is 2. The SMILES string of the molecule is NCCC(=O)Nc1ccc(N2CCN(c3ncccn3)CC2)cn1. The molecule has 3 heterocycles. The van der Waals surface area contributed by atoms with Crippen molar-refractivity contribution in [1.82, 2.24) is 15.0 Å². The molecule has 8 nitrogen and oxygen atoms in total. The van der Waals surface area contributed by atoms with Crippen LogP contribution in [0.4, 0.5) is 17.5 Å². The van der Waals surface area contributed by atoms with Crippen LogP contribution >= 0.6 is 0 Å². The summed E-state index contributed by atoms with van der Waals surface area (Å²) in [5, 5.41) is 2.73. The van der Waals surface area contributed by atoms with E-state index >= 15 is 0 Å². The van der Waals surface area contributed by atoms with Crippen LogP contribution in [0.1, 0.15) is 6.42 Å². The lowest BCUT2D eigenvalue weighted by Crippen LogP contribution is -2.47. The molecule has 1 saturated heterocycles. The predicted octanol–water partition coefficient (Wildman–Crippen LogP) is 0.485. The van der Waals surface area contributed by atoms with Crippen LogP contribution in [-0.2, 0) is 4.79 Å². The quantitative estimate of drug-likeness (QED) is 0.824. The normalized spacial score (nSPS) is 14.5. The number of amides is 1. The van der Waals surface area contributed by atoms with Crippen LogP contribution in [0.3, 0.4) is 0 Å². The van der Waals surface area contributed by atoms with E-state index in [0.717, 1.165) is 37.8 Å². The molecule has 2 aromatic heterocycles. The second kappa shape index (κ2) is 7.69. The van der Waals surface area contributed by atoms with Gasteiger partial charge in [0.25, 0.3) is 0 Å². The third-order valence-electron chi connectivity index (χ3n) is 3.87. The van der Waals surface area contributed by atoms with Crippen molar-refractivity contribution in [3.05, 3.63) is 36.8 Å². The van der Waals surface area contributed by atoms with E-state index in [1.807, 2.05) is 18.2 Å². The Morgan fingerprint density at radius 2 is 1.79 bits per heavy atom. The van der Waals surface area contributed by atoms with E-state index in [-0.39, 0.29) is 5.91 Å². The predicted molar refractivity (Wildman–Crippen MR) is 93.0 cm³/mol. The lowest BCUT2D eigenvalue weighted by Gasteiger charge is -2.35. The molecule has 0 radical (unpaired) electrons. The maximum Gasteiger partial charge on any atom is 0.226 e. The highest BCUT2D eigenvalue weighted by atomic mass is 16.1. The lowest BCUT2D eigenvalue weighted by atomic mass is 10.3. The van der Waals surface area contributed by atoms with Crippen molar-refractivity contribution in [3.8, 4) is 0 Å². The van der Waals surface area contributed by atoms with Gasteiger partial charge in [-0.2, -0.15) is 0 Å². The van der Waals surface area contributed by atoms with Gasteiger partial charge < -0.3 is 20.9 Å². The van der Waals surface area contributed by atoms with E-state index in [2.05, 4.69) is 30.1 Å². The Labute approximate surface area is 140 Å². The number of nitrogens with zero attached hydrogens (tertiary/aromatic N) is 5. The zero-order chi connectivity index (χ0) is 16.8. The smallest absolute Gasteiger partial charge is 0.226 e. The minimum atomic E-state index is -0.116. The van der Waals surface area contributed by atoms with Crippen LogP contribution < -0.4 is 20.9 Å². The molecule has 0 aromatic carbocycles. The Morgan fingerprint density at radius 1 is 1.08 bits per heavy atom. The molecule has 126 valence electrons. The fourth-order valence-electron chi connectivity index (χ4n) is 2.60. The zero-order valence-corrected chi connectivity index (χ0v) is 13.4. The first-order valence-electron chi connectivity index (χ1n) is 7.99. The Morgan fingerprint density at radius 3 is 2.42 bits per heavy atom. The van der Waals surface area contributed by atoms with Gasteiger partial charge in [0.1, 0.15) is 5.82 Å². The summed E-state index contributed by atoms with van der Waals surface area (Å²) in [7, 11) is 0. The topological polar surface area (TPSA) is 100 Å². The Hall–Kier alpha value is -2.74. The van der Waals surface area contributed by atoms with Gasteiger partial charge in [0.2, 0.25) is 11.9 Å². The second-order valence-corrected chi connectivity index (χ2v) is 5.51. The summed E-state index contributed by atoms with van der Waals surface area (Å²) in [5.74, 6) is 1.20. The van der Waals surface area contributed by atoms with Crippen LogP contribution in [0, 0.1) is 0 Å². The maximum absolute atomic E-state index is 11.5. The van der Waals surface area contributed by atoms with Crippen LogP contribution in [0.15, 0.2) is 36.8 Å². The second-order valence-electron chi connectivity index (χ2n) is 5.51. The number of anilines is 3. The van der Waals surface area contributed by atoms with E-state index in [4.69, 9.17) is 5.73 Å². The zero-order valence-electron chi connectivity index (χ0n) is 13.4. The van der Waals surface area contributed by atoms with Crippen molar-refractivity contribution in [2.75, 3.05) is 47.8 Å². The Bertz CT molecular complexity index is 654. The van der Waals surface area contributed by atoms with Crippen molar-refractivity contribution in [3.63, 3.8) is 0 Å². The molecule has 0 bridgehead atoms. The van der Waals surface area contributed by atoms with Crippen molar-refractivity contribution >= 4 is 23.4 Å². The summed E-state index contributed by atoms with van der Waals surface area (Å²) in [6.07, 6.45) is 5.60. The van der Waals surface area contributed by atoms with E-state index in [1.165, 1.54) is 0 Å². The number of aromatic nitrogens is 3. The number of pyridine rings is 1.